The van der Waals surface area contributed by atoms with Crippen LogP contribution in [0.4, 0.5) is 0 Å². The number of halogens is 1. The second kappa shape index (κ2) is 8.80. The van der Waals surface area contributed by atoms with Crippen molar-refractivity contribution in [1.82, 2.24) is 14.9 Å². The summed E-state index contributed by atoms with van der Waals surface area (Å²) in [6, 6.07) is 7.94. The molecule has 1 aromatic carbocycles. The summed E-state index contributed by atoms with van der Waals surface area (Å²) in [5.41, 5.74) is 1.97. The van der Waals surface area contributed by atoms with Gasteiger partial charge in [-0.25, -0.2) is 4.98 Å². The Bertz CT molecular complexity index is 1060. The van der Waals surface area contributed by atoms with Crippen LogP contribution in [0.2, 0.25) is 0 Å². The van der Waals surface area contributed by atoms with Crippen molar-refractivity contribution in [1.29, 1.82) is 0 Å². The summed E-state index contributed by atoms with van der Waals surface area (Å²) in [5.74, 6) is 1.15. The topological polar surface area (TPSA) is 66.1 Å². The molecule has 1 unspecified atom stereocenters. The largest absolute Gasteiger partial charge is 0.340 e. The van der Waals surface area contributed by atoms with Gasteiger partial charge in [0.25, 0.3) is 5.56 Å². The quantitative estimate of drug-likeness (QED) is 0.558. The molecule has 2 heterocycles. The lowest BCUT2D eigenvalue weighted by atomic mass is 10.2. The van der Waals surface area contributed by atoms with E-state index in [0.717, 1.165) is 25.3 Å². The molecule has 1 atom stereocenters. The molecule has 0 saturated heterocycles. The molecule has 0 bridgehead atoms. The van der Waals surface area contributed by atoms with Crippen molar-refractivity contribution in [3.63, 3.8) is 0 Å². The van der Waals surface area contributed by atoms with Gasteiger partial charge in [0.15, 0.2) is 0 Å². The van der Waals surface area contributed by atoms with Gasteiger partial charge in [0.05, 0.1) is 16.4 Å². The van der Waals surface area contributed by atoms with Crippen molar-refractivity contribution < 1.29 is 4.79 Å². The van der Waals surface area contributed by atoms with E-state index < -0.39 is 0 Å². The van der Waals surface area contributed by atoms with Crippen LogP contribution in [0, 0.1) is 13.8 Å². The Labute approximate surface area is 180 Å². The number of nitrogens with one attached hydrogen (secondary N) is 1. The van der Waals surface area contributed by atoms with Crippen LogP contribution in [0.1, 0.15) is 28.8 Å². The number of H-pyrrole nitrogens is 1. The number of thiophene rings is 1. The van der Waals surface area contributed by atoms with Gasteiger partial charge in [-0.1, -0.05) is 28.1 Å². The molecule has 3 rings (SSSR count). The molecule has 5 nitrogen and oxygen atoms in total. The summed E-state index contributed by atoms with van der Waals surface area (Å²) < 4.78 is 1.02. The van der Waals surface area contributed by atoms with Crippen molar-refractivity contribution in [2.24, 2.45) is 0 Å². The summed E-state index contributed by atoms with van der Waals surface area (Å²) in [7, 11) is 1.81. The number of carbonyl (C=O) groups excluding carboxylic acids is 1. The minimum atomic E-state index is -0.228. The summed E-state index contributed by atoms with van der Waals surface area (Å²) >= 11 is 6.43. The third kappa shape index (κ3) is 4.67. The number of fused-ring (bicyclic) bond motifs is 1. The predicted octanol–water partition coefficient (Wildman–Crippen LogP) is 4.64. The number of rotatable bonds is 6. The van der Waals surface area contributed by atoms with Crippen molar-refractivity contribution in [3.8, 4) is 0 Å². The lowest BCUT2D eigenvalue weighted by molar-refractivity contribution is -0.129. The van der Waals surface area contributed by atoms with Crippen molar-refractivity contribution >= 4 is 55.2 Å². The fourth-order valence-corrected chi connectivity index (χ4v) is 5.08. The van der Waals surface area contributed by atoms with Crippen LogP contribution in [-0.4, -0.2) is 33.1 Å². The average Bonchev–Trinajstić information content (AvgIpc) is 2.95. The zero-order chi connectivity index (χ0) is 20.4. The SMILES string of the molecule is Cc1sc2nc(CSC(C)C(=O)N(C)Cc3ccc(Br)cc3)[nH]c(=O)c2c1C. The second-order valence-electron chi connectivity index (χ2n) is 6.75. The Morgan fingerprint density at radius 2 is 2.00 bits per heavy atom. The van der Waals surface area contributed by atoms with Gasteiger partial charge in [0.2, 0.25) is 5.91 Å². The Balaban J connectivity index is 1.63. The van der Waals surface area contributed by atoms with Crippen LogP contribution in [0.25, 0.3) is 10.2 Å². The van der Waals surface area contributed by atoms with E-state index in [-0.39, 0.29) is 16.7 Å². The van der Waals surface area contributed by atoms with Gasteiger partial charge in [-0.05, 0) is 44.0 Å². The third-order valence-corrected chi connectivity index (χ3v) is 7.39. The minimum absolute atomic E-state index is 0.0548. The van der Waals surface area contributed by atoms with Gasteiger partial charge < -0.3 is 9.88 Å². The van der Waals surface area contributed by atoms with E-state index in [9.17, 15) is 9.59 Å². The molecule has 0 radical (unpaired) electrons. The smallest absolute Gasteiger partial charge is 0.259 e. The highest BCUT2D eigenvalue weighted by Crippen LogP contribution is 2.26. The van der Waals surface area contributed by atoms with Crippen LogP contribution in [0.5, 0.6) is 0 Å². The van der Waals surface area contributed by atoms with E-state index in [2.05, 4.69) is 25.9 Å². The molecule has 0 aliphatic rings. The van der Waals surface area contributed by atoms with Crippen molar-refractivity contribution in [2.45, 2.75) is 38.3 Å². The molecule has 0 fully saturated rings. The van der Waals surface area contributed by atoms with Crippen LogP contribution < -0.4 is 5.56 Å². The van der Waals surface area contributed by atoms with Gasteiger partial charge in [0, 0.05) is 22.9 Å². The number of aromatic amines is 1. The number of aryl methyl sites for hydroxylation is 2. The number of nitrogens with zero attached hydrogens (tertiary/aromatic N) is 2. The summed E-state index contributed by atoms with van der Waals surface area (Å²) in [4.78, 5) is 36.1. The molecule has 148 valence electrons. The first-order chi connectivity index (χ1) is 13.3. The van der Waals surface area contributed by atoms with Gasteiger partial charge in [-0.15, -0.1) is 23.1 Å². The molecule has 0 spiro atoms. The Morgan fingerprint density at radius 3 is 2.68 bits per heavy atom. The third-order valence-electron chi connectivity index (χ3n) is 4.62. The first-order valence-corrected chi connectivity index (χ1v) is 11.5. The maximum absolute atomic E-state index is 12.7. The van der Waals surface area contributed by atoms with Gasteiger partial charge in [-0.3, -0.25) is 9.59 Å². The zero-order valence-electron chi connectivity index (χ0n) is 16.2. The van der Waals surface area contributed by atoms with E-state index in [4.69, 9.17) is 0 Å². The molecule has 2 aromatic heterocycles. The van der Waals surface area contributed by atoms with Crippen LogP contribution in [-0.2, 0) is 17.1 Å². The molecule has 0 saturated carbocycles. The summed E-state index contributed by atoms with van der Waals surface area (Å²) in [5, 5.41) is 0.447. The monoisotopic (exact) mass is 479 g/mol. The highest BCUT2D eigenvalue weighted by Gasteiger charge is 2.19. The number of thioether (sulfide) groups is 1. The predicted molar refractivity (Wildman–Crippen MR) is 121 cm³/mol. The second-order valence-corrected chi connectivity index (χ2v) is 10.2. The normalized spacial score (nSPS) is 12.3. The number of hydrogen-bond acceptors (Lipinski definition) is 5. The standard InChI is InChI=1S/C20H22BrN3O2S2/c1-11-12(2)28-19-17(11)18(25)22-16(23-19)10-27-13(3)20(26)24(4)9-14-5-7-15(21)8-6-14/h5-8,13H,9-10H2,1-4H3,(H,22,23,25). The van der Waals surface area contributed by atoms with E-state index in [1.807, 2.05) is 52.1 Å². The highest BCUT2D eigenvalue weighted by atomic mass is 79.9. The van der Waals surface area contributed by atoms with E-state index >= 15 is 0 Å². The number of amides is 1. The van der Waals surface area contributed by atoms with Crippen molar-refractivity contribution in [2.75, 3.05) is 7.05 Å². The zero-order valence-corrected chi connectivity index (χ0v) is 19.4. The number of carbonyl (C=O) groups is 1. The summed E-state index contributed by atoms with van der Waals surface area (Å²) in [6.07, 6.45) is 0. The molecule has 1 N–H and O–H groups in total. The fourth-order valence-electron chi connectivity index (χ4n) is 2.89. The lowest BCUT2D eigenvalue weighted by Gasteiger charge is -2.21. The molecule has 28 heavy (non-hydrogen) atoms. The summed E-state index contributed by atoms with van der Waals surface area (Å²) in [6.45, 7) is 6.39. The van der Waals surface area contributed by atoms with Gasteiger partial charge >= 0.3 is 0 Å². The first-order valence-electron chi connectivity index (χ1n) is 8.86. The maximum atomic E-state index is 12.7. The Hall–Kier alpha value is -1.64. The van der Waals surface area contributed by atoms with E-state index in [1.54, 1.807) is 4.90 Å². The van der Waals surface area contributed by atoms with Crippen LogP contribution >= 0.6 is 39.0 Å². The molecule has 3 aromatic rings. The van der Waals surface area contributed by atoms with E-state index in [0.29, 0.717) is 23.5 Å². The van der Waals surface area contributed by atoms with Gasteiger partial charge in [0.1, 0.15) is 10.7 Å². The first kappa shape index (κ1) is 21.1. The maximum Gasteiger partial charge on any atom is 0.259 e. The molecule has 0 aliphatic heterocycles. The lowest BCUT2D eigenvalue weighted by Crippen LogP contribution is -2.33. The number of benzene rings is 1. The average molecular weight is 480 g/mol. The fraction of sp³-hybridized carbons (Fsp3) is 0.350. The van der Waals surface area contributed by atoms with Crippen LogP contribution in [0.3, 0.4) is 0 Å². The molecular weight excluding hydrogens is 458 g/mol. The van der Waals surface area contributed by atoms with Crippen LogP contribution in [0.15, 0.2) is 33.5 Å². The molecule has 8 heteroatoms. The number of hydrogen-bond donors (Lipinski definition) is 1. The van der Waals surface area contributed by atoms with E-state index in [1.165, 1.54) is 23.1 Å². The number of aromatic nitrogens is 2. The Kier molecular flexibility index (Phi) is 6.62. The molecule has 1 amide bonds. The van der Waals surface area contributed by atoms with Crippen molar-refractivity contribution in [3.05, 3.63) is 60.9 Å². The minimum Gasteiger partial charge on any atom is -0.340 e. The highest BCUT2D eigenvalue weighted by molar-refractivity contribution is 9.10. The molecule has 0 aliphatic carbocycles. The molecular formula is C20H22BrN3O2S2. The van der Waals surface area contributed by atoms with Gasteiger partial charge in [-0.2, -0.15) is 0 Å². The Morgan fingerprint density at radius 1 is 1.32 bits per heavy atom.